The maximum Gasteiger partial charge on any atom is 0.308 e. The minimum atomic E-state index is -0.474. The Morgan fingerprint density at radius 1 is 0.700 bits per heavy atom. The van der Waals surface area contributed by atoms with Crippen LogP contribution in [0.25, 0.3) is 0 Å². The van der Waals surface area contributed by atoms with Crippen molar-refractivity contribution < 1.29 is 23.9 Å². The summed E-state index contributed by atoms with van der Waals surface area (Å²) in [6.07, 6.45) is 0. The quantitative estimate of drug-likeness (QED) is 0.476. The summed E-state index contributed by atoms with van der Waals surface area (Å²) in [5.41, 5.74) is 1.60. The van der Waals surface area contributed by atoms with Gasteiger partial charge in [0.15, 0.2) is 0 Å². The SMILES string of the molecule is COc1cccc(C(=O)Nc2ccccc2NC(=O)c2cccc(OC(C)=O)c2)c1. The number of nitrogens with one attached hydrogen (secondary N) is 2. The van der Waals surface area contributed by atoms with E-state index < -0.39 is 11.9 Å². The smallest absolute Gasteiger partial charge is 0.308 e. The van der Waals surface area contributed by atoms with Gasteiger partial charge in [-0.05, 0) is 48.5 Å². The summed E-state index contributed by atoms with van der Waals surface area (Å²) in [6.45, 7) is 1.29. The van der Waals surface area contributed by atoms with Crippen LogP contribution in [-0.2, 0) is 4.79 Å². The molecule has 3 aromatic carbocycles. The second-order valence-electron chi connectivity index (χ2n) is 6.31. The van der Waals surface area contributed by atoms with Crippen molar-refractivity contribution in [3.8, 4) is 11.5 Å². The largest absolute Gasteiger partial charge is 0.497 e. The molecule has 0 aromatic heterocycles. The van der Waals surface area contributed by atoms with Crippen LogP contribution in [0.5, 0.6) is 11.5 Å². The summed E-state index contributed by atoms with van der Waals surface area (Å²) in [7, 11) is 1.53. The maximum absolute atomic E-state index is 12.7. The van der Waals surface area contributed by atoms with Crippen molar-refractivity contribution in [3.63, 3.8) is 0 Å². The molecule has 0 saturated carbocycles. The Labute approximate surface area is 173 Å². The van der Waals surface area contributed by atoms with Gasteiger partial charge in [-0.2, -0.15) is 0 Å². The van der Waals surface area contributed by atoms with Gasteiger partial charge in [-0.25, -0.2) is 0 Å². The molecule has 2 amide bonds. The summed E-state index contributed by atoms with van der Waals surface area (Å²) in [5, 5.41) is 5.56. The van der Waals surface area contributed by atoms with Gasteiger partial charge in [0.05, 0.1) is 18.5 Å². The number of hydrogen-bond acceptors (Lipinski definition) is 5. The van der Waals surface area contributed by atoms with Crippen molar-refractivity contribution in [1.29, 1.82) is 0 Å². The molecule has 7 heteroatoms. The third-order valence-electron chi connectivity index (χ3n) is 4.11. The van der Waals surface area contributed by atoms with Crippen LogP contribution in [-0.4, -0.2) is 24.9 Å². The summed E-state index contributed by atoms with van der Waals surface area (Å²) in [5.74, 6) is -0.385. The summed E-state index contributed by atoms with van der Waals surface area (Å²) in [4.78, 5) is 36.4. The molecule has 3 rings (SSSR count). The number of hydrogen-bond donors (Lipinski definition) is 2. The van der Waals surface area contributed by atoms with Gasteiger partial charge in [0.2, 0.25) is 0 Å². The molecular formula is C23H20N2O5. The number of ether oxygens (including phenoxy) is 2. The first-order chi connectivity index (χ1) is 14.5. The molecule has 7 nitrogen and oxygen atoms in total. The Morgan fingerprint density at radius 2 is 1.20 bits per heavy atom. The molecule has 0 radical (unpaired) electrons. The fourth-order valence-corrected chi connectivity index (χ4v) is 2.72. The van der Waals surface area contributed by atoms with Crippen molar-refractivity contribution in [3.05, 3.63) is 83.9 Å². The van der Waals surface area contributed by atoms with Gasteiger partial charge in [0.1, 0.15) is 11.5 Å². The van der Waals surface area contributed by atoms with E-state index in [1.807, 2.05) is 0 Å². The van der Waals surface area contributed by atoms with E-state index in [4.69, 9.17) is 9.47 Å². The molecule has 0 aliphatic heterocycles. The second-order valence-corrected chi connectivity index (χ2v) is 6.31. The Balaban J connectivity index is 1.77. The second kappa shape index (κ2) is 9.38. The van der Waals surface area contributed by atoms with E-state index in [1.165, 1.54) is 20.1 Å². The summed E-state index contributed by atoms with van der Waals surface area (Å²) < 4.78 is 10.2. The first-order valence-corrected chi connectivity index (χ1v) is 9.10. The average Bonchev–Trinajstić information content (AvgIpc) is 2.74. The van der Waals surface area contributed by atoms with Crippen LogP contribution in [0.2, 0.25) is 0 Å². The first kappa shape index (κ1) is 20.6. The van der Waals surface area contributed by atoms with Gasteiger partial charge in [-0.15, -0.1) is 0 Å². The van der Waals surface area contributed by atoms with Crippen LogP contribution in [0.4, 0.5) is 11.4 Å². The minimum absolute atomic E-state index is 0.273. The van der Waals surface area contributed by atoms with Gasteiger partial charge >= 0.3 is 5.97 Å². The number of esters is 1. The lowest BCUT2D eigenvalue weighted by Gasteiger charge is -2.13. The number of carbonyl (C=O) groups is 3. The number of rotatable bonds is 6. The summed E-state index contributed by atoms with van der Waals surface area (Å²) in [6, 6.07) is 19.9. The molecule has 0 atom stereocenters. The van der Waals surface area contributed by atoms with E-state index in [-0.39, 0.29) is 11.7 Å². The van der Waals surface area contributed by atoms with Crippen LogP contribution >= 0.6 is 0 Å². The highest BCUT2D eigenvalue weighted by atomic mass is 16.5. The predicted octanol–water partition coefficient (Wildman–Crippen LogP) is 4.13. The number of methoxy groups -OCH3 is 1. The van der Waals surface area contributed by atoms with Gasteiger partial charge in [0, 0.05) is 18.1 Å². The fraction of sp³-hybridized carbons (Fsp3) is 0.0870. The van der Waals surface area contributed by atoms with E-state index in [0.29, 0.717) is 28.3 Å². The monoisotopic (exact) mass is 404 g/mol. The van der Waals surface area contributed by atoms with Crippen molar-refractivity contribution in [2.24, 2.45) is 0 Å². The molecule has 2 N–H and O–H groups in total. The van der Waals surface area contributed by atoms with E-state index >= 15 is 0 Å². The van der Waals surface area contributed by atoms with Gasteiger partial charge < -0.3 is 20.1 Å². The maximum atomic E-state index is 12.7. The summed E-state index contributed by atoms with van der Waals surface area (Å²) >= 11 is 0. The number of anilines is 2. The van der Waals surface area contributed by atoms with Crippen LogP contribution < -0.4 is 20.1 Å². The number of benzene rings is 3. The van der Waals surface area contributed by atoms with Crippen LogP contribution in [0.15, 0.2) is 72.8 Å². The Hall–Kier alpha value is -4.13. The van der Waals surface area contributed by atoms with E-state index in [2.05, 4.69) is 10.6 Å². The minimum Gasteiger partial charge on any atom is -0.497 e. The molecular weight excluding hydrogens is 384 g/mol. The number of carbonyl (C=O) groups excluding carboxylic acids is 3. The van der Waals surface area contributed by atoms with Crippen molar-refractivity contribution in [2.75, 3.05) is 17.7 Å². The Morgan fingerprint density at radius 3 is 1.70 bits per heavy atom. The third kappa shape index (κ3) is 5.23. The topological polar surface area (TPSA) is 93.7 Å². The lowest BCUT2D eigenvalue weighted by atomic mass is 10.1. The molecule has 0 heterocycles. The van der Waals surface area contributed by atoms with Crippen molar-refractivity contribution in [1.82, 2.24) is 0 Å². The van der Waals surface area contributed by atoms with Crippen molar-refractivity contribution in [2.45, 2.75) is 6.92 Å². The van der Waals surface area contributed by atoms with Gasteiger partial charge in [-0.3, -0.25) is 14.4 Å². The predicted molar refractivity (Wildman–Crippen MR) is 113 cm³/mol. The van der Waals surface area contributed by atoms with Gasteiger partial charge in [-0.1, -0.05) is 24.3 Å². The zero-order valence-corrected chi connectivity index (χ0v) is 16.5. The highest BCUT2D eigenvalue weighted by Gasteiger charge is 2.13. The number of para-hydroxylation sites is 2. The highest BCUT2D eigenvalue weighted by Crippen LogP contribution is 2.24. The van der Waals surface area contributed by atoms with Crippen LogP contribution in [0.1, 0.15) is 27.6 Å². The van der Waals surface area contributed by atoms with Crippen molar-refractivity contribution >= 4 is 29.2 Å². The molecule has 0 fully saturated rings. The third-order valence-corrected chi connectivity index (χ3v) is 4.11. The highest BCUT2D eigenvalue weighted by molar-refractivity contribution is 6.10. The molecule has 152 valence electrons. The molecule has 0 spiro atoms. The van der Waals surface area contributed by atoms with Crippen LogP contribution in [0, 0.1) is 0 Å². The van der Waals surface area contributed by atoms with E-state index in [9.17, 15) is 14.4 Å². The van der Waals surface area contributed by atoms with Crippen LogP contribution in [0.3, 0.4) is 0 Å². The zero-order chi connectivity index (χ0) is 21.5. The number of amides is 2. The zero-order valence-electron chi connectivity index (χ0n) is 16.5. The Bertz CT molecular complexity index is 1090. The molecule has 0 aliphatic rings. The average molecular weight is 404 g/mol. The lowest BCUT2D eigenvalue weighted by Crippen LogP contribution is -2.17. The first-order valence-electron chi connectivity index (χ1n) is 9.10. The fourth-order valence-electron chi connectivity index (χ4n) is 2.72. The molecule has 0 bridgehead atoms. The van der Waals surface area contributed by atoms with E-state index in [1.54, 1.807) is 66.7 Å². The molecule has 30 heavy (non-hydrogen) atoms. The molecule has 0 unspecified atom stereocenters. The standard InChI is InChI=1S/C23H20N2O5/c1-15(26)30-19-10-6-8-17(14-19)23(28)25-21-12-4-3-11-20(21)24-22(27)16-7-5-9-18(13-16)29-2/h3-14H,1-2H3,(H,24,27)(H,25,28). The molecule has 0 aliphatic carbocycles. The van der Waals surface area contributed by atoms with Gasteiger partial charge in [0.25, 0.3) is 11.8 Å². The normalized spacial score (nSPS) is 10.1. The Kier molecular flexibility index (Phi) is 6.44. The molecule has 3 aromatic rings. The van der Waals surface area contributed by atoms with E-state index in [0.717, 1.165) is 0 Å². The molecule has 0 saturated heterocycles. The lowest BCUT2D eigenvalue weighted by molar-refractivity contribution is -0.131.